The van der Waals surface area contributed by atoms with E-state index in [9.17, 15) is 26.7 Å². The van der Waals surface area contributed by atoms with E-state index in [0.29, 0.717) is 6.07 Å². The number of β-amino-alcohol motifs (C(OH)–C–C–N with tert-alkyl or cyclic N) is 1. The van der Waals surface area contributed by atoms with Crippen LogP contribution < -0.4 is 0 Å². The summed E-state index contributed by atoms with van der Waals surface area (Å²) in [5.74, 6) is 0. The minimum atomic E-state index is -4.73. The molecule has 1 aliphatic heterocycles. The number of aliphatic hydroxyl groups is 1. The molecule has 1 aliphatic rings. The largest absolute Gasteiger partial charge is 0.417 e. The van der Waals surface area contributed by atoms with Gasteiger partial charge >= 0.3 is 6.18 Å². The summed E-state index contributed by atoms with van der Waals surface area (Å²) in [5, 5.41) is 8.77. The molecule has 9 heteroatoms. The van der Waals surface area contributed by atoms with Gasteiger partial charge in [0.05, 0.1) is 21.6 Å². The first kappa shape index (κ1) is 15.6. The van der Waals surface area contributed by atoms with Crippen molar-refractivity contribution in [2.24, 2.45) is 0 Å². The lowest BCUT2D eigenvalue weighted by atomic mass is 10.2. The number of alkyl halides is 3. The molecule has 0 aromatic heterocycles. The van der Waals surface area contributed by atoms with Crippen LogP contribution in [0.1, 0.15) is 12.0 Å². The molecule has 1 heterocycles. The summed E-state index contributed by atoms with van der Waals surface area (Å²) in [5.41, 5.74) is -1.19. The van der Waals surface area contributed by atoms with Gasteiger partial charge in [0.25, 0.3) is 0 Å². The fraction of sp³-hybridized carbons (Fsp3) is 0.455. The molecule has 1 N–H and O–H groups in total. The molecule has 0 amide bonds. The summed E-state index contributed by atoms with van der Waals surface area (Å²) in [6.45, 7) is -0.0419. The fourth-order valence-corrected chi connectivity index (χ4v) is 3.70. The molecule has 0 bridgehead atoms. The minimum Gasteiger partial charge on any atom is -0.392 e. The van der Waals surface area contributed by atoms with Crippen LogP contribution in [-0.2, 0) is 16.2 Å². The normalized spacial score (nSPS) is 21.4. The maximum atomic E-state index is 12.7. The van der Waals surface area contributed by atoms with Crippen molar-refractivity contribution in [2.75, 3.05) is 13.1 Å². The zero-order valence-corrected chi connectivity index (χ0v) is 11.6. The van der Waals surface area contributed by atoms with Crippen LogP contribution >= 0.6 is 11.6 Å². The molecule has 1 aromatic carbocycles. The van der Waals surface area contributed by atoms with Crippen LogP contribution in [-0.4, -0.2) is 37.0 Å². The predicted molar refractivity (Wildman–Crippen MR) is 65.8 cm³/mol. The van der Waals surface area contributed by atoms with Crippen LogP contribution in [0.25, 0.3) is 0 Å². The van der Waals surface area contributed by atoms with Gasteiger partial charge in [0.15, 0.2) is 0 Å². The number of aliphatic hydroxyl groups excluding tert-OH is 1. The molecule has 4 nitrogen and oxygen atoms in total. The molecule has 1 atom stereocenters. The number of benzene rings is 1. The summed E-state index contributed by atoms with van der Waals surface area (Å²) in [6, 6.07) is 2.45. The van der Waals surface area contributed by atoms with Crippen molar-refractivity contribution < 1.29 is 26.7 Å². The first-order valence-electron chi connectivity index (χ1n) is 5.67. The van der Waals surface area contributed by atoms with E-state index in [1.807, 2.05) is 0 Å². The predicted octanol–water partition coefficient (Wildman–Crippen LogP) is 2.11. The highest BCUT2D eigenvalue weighted by Crippen LogP contribution is 2.36. The third-order valence-electron chi connectivity index (χ3n) is 3.01. The summed E-state index contributed by atoms with van der Waals surface area (Å²) in [4.78, 5) is -0.483. The first-order valence-corrected chi connectivity index (χ1v) is 7.49. The Morgan fingerprint density at radius 2 is 2.00 bits per heavy atom. The Morgan fingerprint density at radius 3 is 2.50 bits per heavy atom. The second kappa shape index (κ2) is 5.18. The van der Waals surface area contributed by atoms with Gasteiger partial charge in [-0.05, 0) is 24.6 Å². The van der Waals surface area contributed by atoms with Crippen LogP contribution in [0.15, 0.2) is 23.1 Å². The van der Waals surface area contributed by atoms with Crippen molar-refractivity contribution in [3.63, 3.8) is 0 Å². The molecule has 2 rings (SSSR count). The third kappa shape index (κ3) is 2.93. The summed E-state index contributed by atoms with van der Waals surface area (Å²) >= 11 is 5.45. The molecule has 0 radical (unpaired) electrons. The van der Waals surface area contributed by atoms with Gasteiger partial charge in [0.1, 0.15) is 0 Å². The Bertz CT molecular complexity index is 618. The second-order valence-corrected chi connectivity index (χ2v) is 6.79. The maximum Gasteiger partial charge on any atom is 0.417 e. The Kier molecular flexibility index (Phi) is 4.03. The molecule has 112 valence electrons. The zero-order chi connectivity index (χ0) is 15.1. The quantitative estimate of drug-likeness (QED) is 0.904. The highest BCUT2D eigenvalue weighted by Gasteiger charge is 2.36. The van der Waals surface area contributed by atoms with Gasteiger partial charge in [-0.15, -0.1) is 0 Å². The van der Waals surface area contributed by atoms with E-state index < -0.39 is 37.8 Å². The van der Waals surface area contributed by atoms with E-state index in [4.69, 9.17) is 11.6 Å². The van der Waals surface area contributed by atoms with Gasteiger partial charge < -0.3 is 5.11 Å². The molecule has 1 aromatic rings. The number of sulfonamides is 1. The van der Waals surface area contributed by atoms with Crippen LogP contribution in [0, 0.1) is 0 Å². The van der Waals surface area contributed by atoms with Crippen molar-refractivity contribution in [1.29, 1.82) is 0 Å². The number of halogens is 4. The maximum absolute atomic E-state index is 12.7. The van der Waals surface area contributed by atoms with E-state index >= 15 is 0 Å². The fourth-order valence-electron chi connectivity index (χ4n) is 1.96. The monoisotopic (exact) mass is 329 g/mol. The number of rotatable bonds is 2. The van der Waals surface area contributed by atoms with E-state index in [2.05, 4.69) is 0 Å². The number of nitrogens with zero attached hydrogens (tertiary/aromatic N) is 1. The second-order valence-electron chi connectivity index (χ2n) is 4.44. The van der Waals surface area contributed by atoms with E-state index in [1.165, 1.54) is 0 Å². The van der Waals surface area contributed by atoms with E-state index in [1.54, 1.807) is 0 Å². The van der Waals surface area contributed by atoms with Gasteiger partial charge in [-0.2, -0.15) is 17.5 Å². The first-order chi connectivity index (χ1) is 9.12. The Hall–Kier alpha value is -0.830. The van der Waals surface area contributed by atoms with Crippen molar-refractivity contribution in [3.05, 3.63) is 28.8 Å². The topological polar surface area (TPSA) is 57.6 Å². The van der Waals surface area contributed by atoms with Gasteiger partial charge in [-0.25, -0.2) is 8.42 Å². The van der Waals surface area contributed by atoms with Gasteiger partial charge in [-0.3, -0.25) is 0 Å². The molecule has 1 saturated heterocycles. The lowest BCUT2D eigenvalue weighted by Crippen LogP contribution is -2.30. The zero-order valence-electron chi connectivity index (χ0n) is 10.1. The van der Waals surface area contributed by atoms with Crippen LogP contribution in [0.4, 0.5) is 13.2 Å². The number of hydrogen-bond donors (Lipinski definition) is 1. The smallest absolute Gasteiger partial charge is 0.392 e. The lowest BCUT2D eigenvalue weighted by Gasteiger charge is -2.17. The average Bonchev–Trinajstić information content (AvgIpc) is 2.75. The van der Waals surface area contributed by atoms with E-state index in [0.717, 1.165) is 16.4 Å². The van der Waals surface area contributed by atoms with Crippen LogP contribution in [0.2, 0.25) is 5.02 Å². The highest BCUT2D eigenvalue weighted by atomic mass is 35.5. The van der Waals surface area contributed by atoms with E-state index in [-0.39, 0.29) is 19.5 Å². The Morgan fingerprint density at radius 1 is 1.35 bits per heavy atom. The van der Waals surface area contributed by atoms with Crippen molar-refractivity contribution in [2.45, 2.75) is 23.6 Å². The van der Waals surface area contributed by atoms with Crippen molar-refractivity contribution in [3.8, 4) is 0 Å². The standard InChI is InChI=1S/C11H11ClF3NO3S/c12-10-2-1-8(5-9(10)11(13,14)15)20(18,19)16-4-3-7(17)6-16/h1-2,5,7,17H,3-4,6H2. The molecule has 1 unspecified atom stereocenters. The SMILES string of the molecule is O=S(=O)(c1ccc(Cl)c(C(F)(F)F)c1)N1CCC(O)C1. The minimum absolute atomic E-state index is 0.0769. The Labute approximate surface area is 118 Å². The third-order valence-corrected chi connectivity index (χ3v) is 5.20. The van der Waals surface area contributed by atoms with Crippen LogP contribution in [0.3, 0.4) is 0 Å². The molecular weight excluding hydrogens is 319 g/mol. The van der Waals surface area contributed by atoms with Gasteiger partial charge in [-0.1, -0.05) is 11.6 Å². The van der Waals surface area contributed by atoms with Gasteiger partial charge in [0.2, 0.25) is 10.0 Å². The van der Waals surface area contributed by atoms with Crippen molar-refractivity contribution >= 4 is 21.6 Å². The van der Waals surface area contributed by atoms with Gasteiger partial charge in [0, 0.05) is 13.1 Å². The summed E-state index contributed by atoms with van der Waals surface area (Å²) in [6.07, 6.45) is -5.26. The summed E-state index contributed by atoms with van der Waals surface area (Å²) in [7, 11) is -4.06. The Balaban J connectivity index is 2.43. The molecule has 0 spiro atoms. The molecule has 1 fully saturated rings. The lowest BCUT2D eigenvalue weighted by molar-refractivity contribution is -0.137. The molecule has 0 saturated carbocycles. The number of hydrogen-bond acceptors (Lipinski definition) is 3. The molecule has 20 heavy (non-hydrogen) atoms. The average molecular weight is 330 g/mol. The van der Waals surface area contributed by atoms with Crippen LogP contribution in [0.5, 0.6) is 0 Å². The summed E-state index contributed by atoms with van der Waals surface area (Å²) < 4.78 is 63.5. The van der Waals surface area contributed by atoms with Crippen molar-refractivity contribution in [1.82, 2.24) is 4.31 Å². The molecular formula is C11H11ClF3NO3S. The highest BCUT2D eigenvalue weighted by molar-refractivity contribution is 7.89. The molecule has 0 aliphatic carbocycles.